The van der Waals surface area contributed by atoms with Gasteiger partial charge in [0.1, 0.15) is 12.0 Å². The lowest BCUT2D eigenvalue weighted by atomic mass is 10.0. The number of anilines is 4. The van der Waals surface area contributed by atoms with Crippen LogP contribution in [0, 0.1) is 0 Å². The van der Waals surface area contributed by atoms with E-state index in [2.05, 4.69) is 27.5 Å². The highest BCUT2D eigenvalue weighted by Crippen LogP contribution is 2.26. The van der Waals surface area contributed by atoms with Crippen molar-refractivity contribution >= 4 is 29.0 Å². The Bertz CT molecular complexity index is 842. The van der Waals surface area contributed by atoms with Crippen molar-refractivity contribution in [1.29, 1.82) is 0 Å². The summed E-state index contributed by atoms with van der Waals surface area (Å²) in [5.74, 6) is 0.811. The molecule has 0 saturated heterocycles. The number of esters is 1. The first-order valence-electron chi connectivity index (χ1n) is 13.5. The third-order valence-electron chi connectivity index (χ3n) is 6.28. The van der Waals surface area contributed by atoms with Crippen molar-refractivity contribution in [3.63, 3.8) is 0 Å². The monoisotopic (exact) mass is 483 g/mol. The third-order valence-corrected chi connectivity index (χ3v) is 6.28. The molecule has 1 heterocycles. The lowest BCUT2D eigenvalue weighted by Crippen LogP contribution is -2.09. The Morgan fingerprint density at radius 2 is 1.31 bits per heavy atom. The van der Waals surface area contributed by atoms with Gasteiger partial charge in [0.15, 0.2) is 11.6 Å². The molecule has 2 rings (SSSR count). The van der Waals surface area contributed by atoms with Gasteiger partial charge in [-0.25, -0.2) is 14.8 Å². The molecule has 0 bridgehead atoms. The van der Waals surface area contributed by atoms with Crippen molar-refractivity contribution < 1.29 is 9.53 Å². The van der Waals surface area contributed by atoms with Crippen LogP contribution in [-0.2, 0) is 4.74 Å². The van der Waals surface area contributed by atoms with Crippen molar-refractivity contribution in [3.8, 4) is 0 Å². The molecule has 0 atom stereocenters. The van der Waals surface area contributed by atoms with Gasteiger partial charge in [0.2, 0.25) is 0 Å². The van der Waals surface area contributed by atoms with E-state index in [1.165, 1.54) is 96.9 Å². The number of methoxy groups -OCH3 is 1. The number of benzene rings is 1. The van der Waals surface area contributed by atoms with Gasteiger partial charge in [-0.3, -0.25) is 0 Å². The minimum atomic E-state index is -0.368. The highest BCUT2D eigenvalue weighted by Gasteiger charge is 2.09. The van der Waals surface area contributed by atoms with E-state index in [1.807, 2.05) is 0 Å². The van der Waals surface area contributed by atoms with E-state index in [1.54, 1.807) is 24.3 Å². The molecule has 0 spiro atoms. The Morgan fingerprint density at radius 1 is 0.800 bits per heavy atom. The Balaban J connectivity index is 1.56. The van der Waals surface area contributed by atoms with E-state index in [9.17, 15) is 4.79 Å². The van der Waals surface area contributed by atoms with Gasteiger partial charge in [0, 0.05) is 12.2 Å². The molecule has 4 N–H and O–H groups in total. The standard InChI is InChI=1S/C28H45N5O2/c1-3-4-5-6-7-8-9-10-11-12-13-14-15-16-21-30-26-25(29)27(32-22-31-26)33-24-19-17-23(18-20-24)28(34)35-2/h17-20,22H,3-16,21,29H2,1-2H3,(H2,30,31,32,33). The second-order valence-electron chi connectivity index (χ2n) is 9.20. The highest BCUT2D eigenvalue weighted by atomic mass is 16.5. The average Bonchev–Trinajstić information content (AvgIpc) is 2.88. The van der Waals surface area contributed by atoms with E-state index in [0.29, 0.717) is 22.9 Å². The maximum absolute atomic E-state index is 11.6. The van der Waals surface area contributed by atoms with Crippen LogP contribution in [0.15, 0.2) is 30.6 Å². The summed E-state index contributed by atoms with van der Waals surface area (Å²) in [7, 11) is 1.36. The van der Waals surface area contributed by atoms with E-state index < -0.39 is 0 Å². The van der Waals surface area contributed by atoms with Gasteiger partial charge in [-0.1, -0.05) is 90.4 Å². The second kappa shape index (κ2) is 17.6. The molecule has 1 aromatic heterocycles. The van der Waals surface area contributed by atoms with E-state index in [0.717, 1.165) is 18.7 Å². The van der Waals surface area contributed by atoms with Crippen LogP contribution in [0.4, 0.5) is 23.0 Å². The summed E-state index contributed by atoms with van der Waals surface area (Å²) >= 11 is 0. The molecule has 0 fully saturated rings. The number of carbonyl (C=O) groups is 1. The van der Waals surface area contributed by atoms with Crippen LogP contribution in [0.1, 0.15) is 107 Å². The fraction of sp³-hybridized carbons (Fsp3) is 0.607. The zero-order valence-corrected chi connectivity index (χ0v) is 21.8. The molecule has 7 heteroatoms. The lowest BCUT2D eigenvalue weighted by Gasteiger charge is -2.12. The predicted octanol–water partition coefficient (Wildman–Crippen LogP) is 7.48. The summed E-state index contributed by atoms with van der Waals surface area (Å²) < 4.78 is 4.73. The molecule has 0 radical (unpaired) electrons. The van der Waals surface area contributed by atoms with Crippen LogP contribution in [0.5, 0.6) is 0 Å². The van der Waals surface area contributed by atoms with Gasteiger partial charge in [0.25, 0.3) is 0 Å². The van der Waals surface area contributed by atoms with Gasteiger partial charge >= 0.3 is 5.97 Å². The number of aromatic nitrogens is 2. The average molecular weight is 484 g/mol. The molecule has 35 heavy (non-hydrogen) atoms. The summed E-state index contributed by atoms with van der Waals surface area (Å²) in [6, 6.07) is 6.96. The van der Waals surface area contributed by atoms with E-state index in [-0.39, 0.29) is 5.97 Å². The first kappa shape index (κ1) is 28.4. The number of carbonyl (C=O) groups excluding carboxylic acids is 1. The van der Waals surface area contributed by atoms with Gasteiger partial charge < -0.3 is 21.1 Å². The fourth-order valence-corrected chi connectivity index (χ4v) is 4.11. The Hall–Kier alpha value is -2.83. The Labute approximate surface area is 211 Å². The van der Waals surface area contributed by atoms with Crippen LogP contribution < -0.4 is 16.4 Å². The number of nitrogen functional groups attached to an aromatic ring is 1. The molecule has 0 amide bonds. The summed E-state index contributed by atoms with van der Waals surface area (Å²) in [5, 5.41) is 6.52. The number of hydrogen-bond donors (Lipinski definition) is 3. The molecule has 2 aromatic rings. The second-order valence-corrected chi connectivity index (χ2v) is 9.20. The Morgan fingerprint density at radius 3 is 1.86 bits per heavy atom. The summed E-state index contributed by atoms with van der Waals surface area (Å²) in [5.41, 5.74) is 8.02. The molecular weight excluding hydrogens is 438 g/mol. The molecule has 1 aromatic carbocycles. The first-order valence-corrected chi connectivity index (χ1v) is 13.5. The molecular formula is C28H45N5O2. The van der Waals surface area contributed by atoms with Gasteiger partial charge in [-0.05, 0) is 30.7 Å². The minimum Gasteiger partial charge on any atom is -0.465 e. The Kier molecular flexibility index (Phi) is 14.3. The summed E-state index contributed by atoms with van der Waals surface area (Å²) in [4.78, 5) is 20.1. The minimum absolute atomic E-state index is 0.368. The van der Waals surface area contributed by atoms with Crippen LogP contribution in [0.3, 0.4) is 0 Å². The largest absolute Gasteiger partial charge is 0.465 e. The quantitative estimate of drug-likeness (QED) is 0.140. The van der Waals surface area contributed by atoms with Crippen LogP contribution in [-0.4, -0.2) is 29.6 Å². The van der Waals surface area contributed by atoms with Crippen LogP contribution in [0.2, 0.25) is 0 Å². The van der Waals surface area contributed by atoms with Crippen molar-refractivity contribution in [2.24, 2.45) is 0 Å². The molecule has 0 aliphatic carbocycles. The number of hydrogen-bond acceptors (Lipinski definition) is 7. The number of unbranched alkanes of at least 4 members (excludes halogenated alkanes) is 13. The summed E-state index contributed by atoms with van der Waals surface area (Å²) in [6.07, 6.45) is 20.4. The molecule has 194 valence electrons. The number of ether oxygens (including phenoxy) is 1. The molecule has 0 unspecified atom stereocenters. The van der Waals surface area contributed by atoms with Gasteiger partial charge in [0.05, 0.1) is 12.7 Å². The van der Waals surface area contributed by atoms with E-state index >= 15 is 0 Å². The topological polar surface area (TPSA) is 102 Å². The lowest BCUT2D eigenvalue weighted by molar-refractivity contribution is 0.0601. The molecule has 0 aliphatic rings. The fourth-order valence-electron chi connectivity index (χ4n) is 4.11. The zero-order chi connectivity index (χ0) is 25.1. The van der Waals surface area contributed by atoms with Crippen LogP contribution >= 0.6 is 0 Å². The van der Waals surface area contributed by atoms with Crippen molar-refractivity contribution in [3.05, 3.63) is 36.2 Å². The number of nitrogens with two attached hydrogens (primary N) is 1. The normalized spacial score (nSPS) is 10.8. The van der Waals surface area contributed by atoms with Crippen molar-refractivity contribution in [2.45, 2.75) is 96.8 Å². The van der Waals surface area contributed by atoms with Crippen molar-refractivity contribution in [2.75, 3.05) is 30.0 Å². The molecule has 0 saturated carbocycles. The van der Waals surface area contributed by atoms with Gasteiger partial charge in [-0.15, -0.1) is 0 Å². The number of nitrogens with zero attached hydrogens (tertiary/aromatic N) is 2. The maximum atomic E-state index is 11.6. The number of rotatable bonds is 19. The SMILES string of the molecule is CCCCCCCCCCCCCCCCNc1ncnc(Nc2ccc(C(=O)OC)cc2)c1N. The maximum Gasteiger partial charge on any atom is 0.337 e. The molecule has 0 aliphatic heterocycles. The highest BCUT2D eigenvalue weighted by molar-refractivity contribution is 5.90. The predicted molar refractivity (Wildman–Crippen MR) is 146 cm³/mol. The first-order chi connectivity index (χ1) is 17.2. The molecule has 7 nitrogen and oxygen atoms in total. The third kappa shape index (κ3) is 11.4. The summed E-state index contributed by atoms with van der Waals surface area (Å²) in [6.45, 7) is 3.11. The van der Waals surface area contributed by atoms with Crippen molar-refractivity contribution in [1.82, 2.24) is 9.97 Å². The number of nitrogens with one attached hydrogen (secondary N) is 2. The van der Waals surface area contributed by atoms with Gasteiger partial charge in [-0.2, -0.15) is 0 Å². The zero-order valence-electron chi connectivity index (χ0n) is 21.8. The van der Waals surface area contributed by atoms with Crippen LogP contribution in [0.25, 0.3) is 0 Å². The van der Waals surface area contributed by atoms with E-state index in [4.69, 9.17) is 10.5 Å². The smallest absolute Gasteiger partial charge is 0.337 e.